The van der Waals surface area contributed by atoms with E-state index in [1.165, 1.54) is 0 Å². The van der Waals surface area contributed by atoms with Gasteiger partial charge in [0.2, 0.25) is 5.75 Å². The number of hydrogen-bond acceptors (Lipinski definition) is 12. The first-order valence-electron chi connectivity index (χ1n) is 17.3. The van der Waals surface area contributed by atoms with Gasteiger partial charge in [-0.25, -0.2) is 0 Å². The Balaban J connectivity index is 0.977. The standard InChI is InChI=1S/C40H45N3O10/c1-45-27-12-13-29-28(22-27)40(44)42-39(41-29)25-11-15-32(34(19-25)47-3)51-16-8-7-9-17-52-35-18-24(10-14-31(35)46-2)30-23-33(53-43-30)26-20-36(48-4)38(50-6)37(21-26)49-5/h10-15,18-22,33,39,41H,7-9,16-17,23H2,1-6H3,(H,42,44). The molecule has 0 saturated carbocycles. The maximum atomic E-state index is 12.8. The molecule has 0 radical (unpaired) electrons. The maximum Gasteiger partial charge on any atom is 0.255 e. The minimum Gasteiger partial charge on any atom is -0.497 e. The SMILES string of the molecule is COc1ccc2c(c1)C(=O)NC(c1ccc(OCCCCCOc3cc(C4=NOC(c5cc(OC)c(OC)c(OC)c5)C4)ccc3OC)c(OC)c1)N2. The summed E-state index contributed by atoms with van der Waals surface area (Å²) < 4.78 is 45.2. The molecule has 0 saturated heterocycles. The molecule has 2 unspecified atom stereocenters. The molecule has 13 nitrogen and oxygen atoms in total. The Labute approximate surface area is 309 Å². The van der Waals surface area contributed by atoms with Gasteiger partial charge in [0.15, 0.2) is 40.6 Å². The Morgan fingerprint density at radius 2 is 1.32 bits per heavy atom. The van der Waals surface area contributed by atoms with Crippen LogP contribution in [0.5, 0.6) is 46.0 Å². The zero-order chi connectivity index (χ0) is 37.3. The number of hydrogen-bond donors (Lipinski definition) is 2. The number of carbonyl (C=O) groups is 1. The van der Waals surface area contributed by atoms with Crippen molar-refractivity contribution in [3.63, 3.8) is 0 Å². The lowest BCUT2D eigenvalue weighted by molar-refractivity contribution is 0.0853. The van der Waals surface area contributed by atoms with Crippen LogP contribution in [0.2, 0.25) is 0 Å². The summed E-state index contributed by atoms with van der Waals surface area (Å²) in [5, 5.41) is 10.7. The molecule has 2 heterocycles. The van der Waals surface area contributed by atoms with Crippen LogP contribution >= 0.6 is 0 Å². The van der Waals surface area contributed by atoms with Crippen LogP contribution in [-0.4, -0.2) is 67.5 Å². The van der Waals surface area contributed by atoms with Gasteiger partial charge in [-0.3, -0.25) is 4.79 Å². The minimum absolute atomic E-state index is 0.183. The third kappa shape index (κ3) is 8.24. The number of nitrogens with one attached hydrogen (secondary N) is 2. The van der Waals surface area contributed by atoms with E-state index in [1.807, 2.05) is 60.7 Å². The average Bonchev–Trinajstić information content (AvgIpc) is 3.70. The summed E-state index contributed by atoms with van der Waals surface area (Å²) in [4.78, 5) is 18.6. The Morgan fingerprint density at radius 1 is 0.642 bits per heavy atom. The molecule has 13 heteroatoms. The van der Waals surface area contributed by atoms with Crippen LogP contribution in [0.4, 0.5) is 5.69 Å². The van der Waals surface area contributed by atoms with Crippen molar-refractivity contribution in [3.05, 3.63) is 89.0 Å². The van der Waals surface area contributed by atoms with Crippen LogP contribution in [-0.2, 0) is 4.84 Å². The van der Waals surface area contributed by atoms with E-state index in [-0.39, 0.29) is 12.0 Å². The number of carbonyl (C=O) groups excluding carboxylic acids is 1. The van der Waals surface area contributed by atoms with Gasteiger partial charge in [0.25, 0.3) is 5.91 Å². The van der Waals surface area contributed by atoms with Gasteiger partial charge < -0.3 is 53.4 Å². The average molecular weight is 728 g/mol. The maximum absolute atomic E-state index is 12.8. The smallest absolute Gasteiger partial charge is 0.255 e. The topological polar surface area (TPSA) is 137 Å². The van der Waals surface area contributed by atoms with Crippen LogP contribution in [0.15, 0.2) is 71.9 Å². The summed E-state index contributed by atoms with van der Waals surface area (Å²) in [6.45, 7) is 1.01. The quantitative estimate of drug-likeness (QED) is 0.108. The van der Waals surface area contributed by atoms with Gasteiger partial charge in [0.1, 0.15) is 11.9 Å². The van der Waals surface area contributed by atoms with Gasteiger partial charge >= 0.3 is 0 Å². The number of oxime groups is 1. The molecule has 2 atom stereocenters. The van der Waals surface area contributed by atoms with Gasteiger partial charge in [0.05, 0.1) is 67.1 Å². The van der Waals surface area contributed by atoms with Crippen molar-refractivity contribution in [1.82, 2.24) is 5.32 Å². The fourth-order valence-corrected chi connectivity index (χ4v) is 6.24. The predicted molar refractivity (Wildman–Crippen MR) is 199 cm³/mol. The van der Waals surface area contributed by atoms with Gasteiger partial charge in [-0.15, -0.1) is 0 Å². The van der Waals surface area contributed by atoms with Crippen LogP contribution in [0, 0.1) is 0 Å². The highest BCUT2D eigenvalue weighted by molar-refractivity contribution is 6.02. The summed E-state index contributed by atoms with van der Waals surface area (Å²) in [7, 11) is 9.53. The van der Waals surface area contributed by atoms with E-state index in [2.05, 4.69) is 15.8 Å². The third-order valence-corrected chi connectivity index (χ3v) is 9.10. The molecule has 53 heavy (non-hydrogen) atoms. The lowest BCUT2D eigenvalue weighted by atomic mass is 9.99. The number of unbranched alkanes of at least 4 members (excludes halogenated alkanes) is 2. The van der Waals surface area contributed by atoms with Crippen molar-refractivity contribution in [3.8, 4) is 46.0 Å². The molecule has 6 rings (SSSR count). The number of fused-ring (bicyclic) bond motifs is 1. The van der Waals surface area contributed by atoms with Gasteiger partial charge in [0, 0.05) is 23.2 Å². The molecule has 0 fully saturated rings. The lowest BCUT2D eigenvalue weighted by Gasteiger charge is -2.28. The molecule has 2 aliphatic rings. The number of anilines is 1. The summed E-state index contributed by atoms with van der Waals surface area (Å²) in [5.41, 5.74) is 4.64. The molecule has 4 aromatic rings. The van der Waals surface area contributed by atoms with Crippen molar-refractivity contribution < 1.29 is 47.5 Å². The Bertz CT molecular complexity index is 1920. The number of nitrogens with zero attached hydrogens (tertiary/aromatic N) is 1. The first-order chi connectivity index (χ1) is 25.9. The van der Waals surface area contributed by atoms with Crippen molar-refractivity contribution in [2.45, 2.75) is 38.0 Å². The van der Waals surface area contributed by atoms with Crippen LogP contribution in [0.1, 0.15) is 65.0 Å². The Kier molecular flexibility index (Phi) is 11.8. The van der Waals surface area contributed by atoms with Crippen molar-refractivity contribution in [2.24, 2.45) is 5.16 Å². The van der Waals surface area contributed by atoms with E-state index in [1.54, 1.807) is 48.7 Å². The van der Waals surface area contributed by atoms with E-state index in [4.69, 9.17) is 42.7 Å². The fraction of sp³-hybridized carbons (Fsp3) is 0.350. The third-order valence-electron chi connectivity index (χ3n) is 9.10. The lowest BCUT2D eigenvalue weighted by Crippen LogP contribution is -2.38. The minimum atomic E-state index is -0.421. The molecular weight excluding hydrogens is 682 g/mol. The van der Waals surface area contributed by atoms with E-state index in [0.29, 0.717) is 71.2 Å². The number of rotatable bonds is 17. The van der Waals surface area contributed by atoms with Gasteiger partial charge in [-0.1, -0.05) is 11.2 Å². The Morgan fingerprint density at radius 3 is 2.00 bits per heavy atom. The largest absolute Gasteiger partial charge is 0.497 e. The van der Waals surface area contributed by atoms with Crippen molar-refractivity contribution >= 4 is 17.3 Å². The molecule has 0 aromatic heterocycles. The van der Waals surface area contributed by atoms with E-state index < -0.39 is 6.17 Å². The highest BCUT2D eigenvalue weighted by atomic mass is 16.6. The zero-order valence-corrected chi connectivity index (χ0v) is 30.8. The van der Waals surface area contributed by atoms with E-state index in [0.717, 1.165) is 47.4 Å². The highest BCUT2D eigenvalue weighted by Crippen LogP contribution is 2.43. The van der Waals surface area contributed by atoms with Gasteiger partial charge in [-0.2, -0.15) is 0 Å². The number of amides is 1. The van der Waals surface area contributed by atoms with E-state index in [9.17, 15) is 4.79 Å². The number of methoxy groups -OCH3 is 6. The summed E-state index contributed by atoms with van der Waals surface area (Å²) in [6.07, 6.45) is 2.35. The molecule has 1 amide bonds. The predicted octanol–water partition coefficient (Wildman–Crippen LogP) is 7.09. The number of ether oxygens (including phenoxy) is 8. The van der Waals surface area contributed by atoms with Crippen molar-refractivity contribution in [1.29, 1.82) is 0 Å². The molecule has 2 N–H and O–H groups in total. The zero-order valence-electron chi connectivity index (χ0n) is 30.8. The second-order valence-corrected chi connectivity index (χ2v) is 12.3. The van der Waals surface area contributed by atoms with Gasteiger partial charge in [-0.05, 0) is 85.5 Å². The first-order valence-corrected chi connectivity index (χ1v) is 17.3. The molecule has 0 spiro atoms. The molecule has 280 valence electrons. The van der Waals surface area contributed by atoms with Crippen molar-refractivity contribution in [2.75, 3.05) is 61.2 Å². The number of benzene rings is 4. The van der Waals surface area contributed by atoms with Crippen LogP contribution in [0.25, 0.3) is 0 Å². The highest BCUT2D eigenvalue weighted by Gasteiger charge is 2.28. The summed E-state index contributed by atoms with van der Waals surface area (Å²) >= 11 is 0. The van der Waals surface area contributed by atoms with E-state index >= 15 is 0 Å². The molecule has 4 aromatic carbocycles. The summed E-state index contributed by atoms with van der Waals surface area (Å²) in [5.74, 6) is 4.56. The summed E-state index contributed by atoms with van der Waals surface area (Å²) in [6, 6.07) is 20.5. The second kappa shape index (κ2) is 17.0. The molecule has 0 bridgehead atoms. The Hall–Kier alpha value is -5.98. The van der Waals surface area contributed by atoms with Crippen LogP contribution in [0.3, 0.4) is 0 Å². The fourth-order valence-electron chi connectivity index (χ4n) is 6.24. The second-order valence-electron chi connectivity index (χ2n) is 12.3. The monoisotopic (exact) mass is 727 g/mol. The molecular formula is C40H45N3O10. The first kappa shape index (κ1) is 36.8. The normalized spacial score (nSPS) is 15.9. The van der Waals surface area contributed by atoms with Crippen LogP contribution < -0.4 is 48.5 Å². The molecule has 2 aliphatic heterocycles. The molecule has 0 aliphatic carbocycles.